The number of hydrogen-bond acceptors (Lipinski definition) is 4. The first-order valence-corrected chi connectivity index (χ1v) is 9.65. The molecule has 0 aliphatic carbocycles. The van der Waals surface area contributed by atoms with Crippen LogP contribution in [-0.2, 0) is 12.7 Å². The van der Waals surface area contributed by atoms with Crippen LogP contribution in [0.5, 0.6) is 0 Å². The molecular formula is C19H21F4N5S. The Morgan fingerprint density at radius 3 is 2.59 bits per heavy atom. The fourth-order valence-corrected chi connectivity index (χ4v) is 3.31. The Balaban J connectivity index is 1.75. The van der Waals surface area contributed by atoms with Crippen LogP contribution in [0.4, 0.5) is 29.3 Å². The molecule has 3 rings (SSSR count). The number of nitrogens with one attached hydrogen (secondary N) is 2. The molecule has 0 bridgehead atoms. The van der Waals surface area contributed by atoms with Crippen molar-refractivity contribution in [1.82, 2.24) is 15.3 Å². The quantitative estimate of drug-likeness (QED) is 0.554. The van der Waals surface area contributed by atoms with Gasteiger partial charge in [0.15, 0.2) is 10.8 Å². The van der Waals surface area contributed by atoms with Crippen molar-refractivity contribution in [2.45, 2.75) is 44.9 Å². The van der Waals surface area contributed by atoms with Crippen molar-refractivity contribution in [2.75, 3.05) is 16.8 Å². The van der Waals surface area contributed by atoms with Crippen LogP contribution in [-0.4, -0.2) is 27.7 Å². The highest BCUT2D eigenvalue weighted by atomic mass is 32.1. The summed E-state index contributed by atoms with van der Waals surface area (Å²) in [5.74, 6) is -0.348. The van der Waals surface area contributed by atoms with E-state index in [1.54, 1.807) is 12.1 Å². The first kappa shape index (κ1) is 21.2. The molecule has 1 unspecified atom stereocenters. The standard InChI is InChI=1S/C19H21F4N5S/c1-12-4-2-3-9-28(12)16-10-15(19(21,22)23)25-17(26-16)27-18(29)24-11-13-5-7-14(20)8-6-13/h5-8,10,12H,2-4,9,11H2,1H3,(H2,24,25,26,27,29). The van der Waals surface area contributed by atoms with Gasteiger partial charge in [0.1, 0.15) is 11.6 Å². The number of alkyl halides is 3. The second kappa shape index (κ2) is 8.89. The molecule has 1 aromatic carbocycles. The second-order valence-electron chi connectivity index (χ2n) is 6.91. The van der Waals surface area contributed by atoms with E-state index in [2.05, 4.69) is 20.6 Å². The van der Waals surface area contributed by atoms with Crippen LogP contribution >= 0.6 is 12.2 Å². The Labute approximate surface area is 171 Å². The Kier molecular flexibility index (Phi) is 6.51. The van der Waals surface area contributed by atoms with Crippen molar-refractivity contribution in [3.05, 3.63) is 47.4 Å². The van der Waals surface area contributed by atoms with Gasteiger partial charge in [-0.15, -0.1) is 0 Å². The van der Waals surface area contributed by atoms with Crippen LogP contribution in [0.25, 0.3) is 0 Å². The van der Waals surface area contributed by atoms with Gasteiger partial charge in [-0.2, -0.15) is 18.2 Å². The third kappa shape index (κ3) is 5.75. The van der Waals surface area contributed by atoms with E-state index in [9.17, 15) is 17.6 Å². The predicted molar refractivity (Wildman–Crippen MR) is 107 cm³/mol. The SMILES string of the molecule is CC1CCCCN1c1cc(C(F)(F)F)nc(NC(=S)NCc2ccc(F)cc2)n1. The van der Waals surface area contributed by atoms with Crippen LogP contribution in [0.2, 0.25) is 0 Å². The molecule has 10 heteroatoms. The Bertz CT molecular complexity index is 857. The van der Waals surface area contributed by atoms with E-state index >= 15 is 0 Å². The molecule has 156 valence electrons. The molecule has 1 fully saturated rings. The number of piperidine rings is 1. The first-order chi connectivity index (χ1) is 13.7. The van der Waals surface area contributed by atoms with Crippen LogP contribution in [0, 0.1) is 5.82 Å². The van der Waals surface area contributed by atoms with Crippen LogP contribution in [0.15, 0.2) is 30.3 Å². The number of hydrogen-bond donors (Lipinski definition) is 2. The number of halogens is 4. The van der Waals surface area contributed by atoms with E-state index in [1.165, 1.54) is 12.1 Å². The van der Waals surface area contributed by atoms with Crippen molar-refractivity contribution < 1.29 is 17.6 Å². The van der Waals surface area contributed by atoms with Gasteiger partial charge in [-0.05, 0) is 56.1 Å². The largest absolute Gasteiger partial charge is 0.433 e. The fraction of sp³-hybridized carbons (Fsp3) is 0.421. The summed E-state index contributed by atoms with van der Waals surface area (Å²) >= 11 is 5.15. The maximum Gasteiger partial charge on any atom is 0.433 e. The molecule has 0 spiro atoms. The van der Waals surface area contributed by atoms with E-state index in [4.69, 9.17) is 12.2 Å². The normalized spacial score (nSPS) is 17.1. The average molecular weight is 427 g/mol. The molecule has 2 heterocycles. The maximum atomic E-state index is 13.3. The highest BCUT2D eigenvalue weighted by Gasteiger charge is 2.35. The zero-order valence-electron chi connectivity index (χ0n) is 15.8. The maximum absolute atomic E-state index is 13.3. The molecule has 5 nitrogen and oxygen atoms in total. The van der Waals surface area contributed by atoms with E-state index in [1.807, 2.05) is 11.8 Å². The van der Waals surface area contributed by atoms with E-state index in [-0.39, 0.29) is 35.3 Å². The molecular weight excluding hydrogens is 406 g/mol. The minimum absolute atomic E-state index is 0.0753. The van der Waals surface area contributed by atoms with Crippen molar-refractivity contribution in [2.24, 2.45) is 0 Å². The van der Waals surface area contributed by atoms with Gasteiger partial charge in [0.2, 0.25) is 5.95 Å². The Morgan fingerprint density at radius 1 is 1.21 bits per heavy atom. The monoisotopic (exact) mass is 427 g/mol. The van der Waals surface area contributed by atoms with E-state index in [0.29, 0.717) is 6.54 Å². The number of aromatic nitrogens is 2. The van der Waals surface area contributed by atoms with Crippen molar-refractivity contribution in [1.29, 1.82) is 0 Å². The van der Waals surface area contributed by atoms with Gasteiger partial charge >= 0.3 is 6.18 Å². The minimum atomic E-state index is -4.60. The lowest BCUT2D eigenvalue weighted by molar-refractivity contribution is -0.141. The average Bonchev–Trinajstić information content (AvgIpc) is 2.67. The topological polar surface area (TPSA) is 53.1 Å². The van der Waals surface area contributed by atoms with Gasteiger partial charge in [-0.1, -0.05) is 12.1 Å². The summed E-state index contributed by atoms with van der Waals surface area (Å²) in [6.07, 6.45) is -1.77. The van der Waals surface area contributed by atoms with Crippen molar-refractivity contribution in [3.8, 4) is 0 Å². The number of thiocarbonyl (C=S) groups is 1. The molecule has 1 aliphatic heterocycles. The number of benzene rings is 1. The van der Waals surface area contributed by atoms with Crippen LogP contribution < -0.4 is 15.5 Å². The summed E-state index contributed by atoms with van der Waals surface area (Å²) in [7, 11) is 0. The molecule has 0 radical (unpaired) electrons. The zero-order valence-corrected chi connectivity index (χ0v) is 16.6. The predicted octanol–water partition coefficient (Wildman–Crippen LogP) is 4.50. The second-order valence-corrected chi connectivity index (χ2v) is 7.31. The summed E-state index contributed by atoms with van der Waals surface area (Å²) in [5.41, 5.74) is -0.257. The molecule has 0 saturated carbocycles. The lowest BCUT2D eigenvalue weighted by Gasteiger charge is -2.34. The molecule has 1 aliphatic rings. The first-order valence-electron chi connectivity index (χ1n) is 9.24. The summed E-state index contributed by atoms with van der Waals surface area (Å²) in [6, 6.07) is 6.87. The molecule has 29 heavy (non-hydrogen) atoms. The van der Waals surface area contributed by atoms with Gasteiger partial charge < -0.3 is 15.5 Å². The van der Waals surface area contributed by atoms with E-state index < -0.39 is 11.9 Å². The third-order valence-corrected chi connectivity index (χ3v) is 4.94. The molecule has 0 amide bonds. The highest BCUT2D eigenvalue weighted by Crippen LogP contribution is 2.32. The van der Waals surface area contributed by atoms with Gasteiger partial charge in [0.05, 0.1) is 0 Å². The number of nitrogens with zero attached hydrogens (tertiary/aromatic N) is 3. The van der Waals surface area contributed by atoms with Crippen molar-refractivity contribution >= 4 is 29.1 Å². The number of anilines is 2. The summed E-state index contributed by atoms with van der Waals surface area (Å²) in [5, 5.41) is 5.56. The fourth-order valence-electron chi connectivity index (χ4n) is 3.15. The van der Waals surface area contributed by atoms with Crippen molar-refractivity contribution in [3.63, 3.8) is 0 Å². The van der Waals surface area contributed by atoms with Gasteiger partial charge in [0.25, 0.3) is 0 Å². The van der Waals surface area contributed by atoms with Gasteiger partial charge in [-0.3, -0.25) is 0 Å². The lowest BCUT2D eigenvalue weighted by atomic mass is 10.0. The highest BCUT2D eigenvalue weighted by molar-refractivity contribution is 7.80. The lowest BCUT2D eigenvalue weighted by Crippen LogP contribution is -2.38. The molecule has 1 atom stereocenters. The molecule has 2 aromatic rings. The minimum Gasteiger partial charge on any atom is -0.358 e. The van der Waals surface area contributed by atoms with Gasteiger partial charge in [0, 0.05) is 25.2 Å². The smallest absolute Gasteiger partial charge is 0.358 e. The molecule has 1 aromatic heterocycles. The van der Waals surface area contributed by atoms with Gasteiger partial charge in [-0.25, -0.2) is 9.37 Å². The summed E-state index contributed by atoms with van der Waals surface area (Å²) in [4.78, 5) is 9.70. The third-order valence-electron chi connectivity index (χ3n) is 4.69. The zero-order chi connectivity index (χ0) is 21.0. The van der Waals surface area contributed by atoms with Crippen LogP contribution in [0.3, 0.4) is 0 Å². The van der Waals surface area contributed by atoms with E-state index in [0.717, 1.165) is 30.9 Å². The molecule has 1 saturated heterocycles. The Hall–Kier alpha value is -2.49. The Morgan fingerprint density at radius 2 is 1.93 bits per heavy atom. The summed E-state index contributed by atoms with van der Waals surface area (Å²) < 4.78 is 53.0. The van der Waals surface area contributed by atoms with Crippen LogP contribution in [0.1, 0.15) is 37.4 Å². The summed E-state index contributed by atoms with van der Waals surface area (Å²) in [6.45, 7) is 2.89. The number of rotatable bonds is 4. The molecule has 2 N–H and O–H groups in total.